The van der Waals surface area contributed by atoms with Gasteiger partial charge in [-0.15, -0.1) is 0 Å². The molecule has 0 aliphatic rings. The number of ether oxygens (including phenoxy) is 1. The number of hydrogen-bond donors (Lipinski definition) is 1. The molecule has 1 N–H and O–H groups in total. The van der Waals surface area contributed by atoms with Crippen molar-refractivity contribution in [2.45, 2.75) is 19.8 Å². The number of methoxy groups -OCH3 is 1. The zero-order chi connectivity index (χ0) is 11.1. The molecule has 0 saturated carbocycles. The smallest absolute Gasteiger partial charge is 0.305 e. The first kappa shape index (κ1) is 11.6. The summed E-state index contributed by atoms with van der Waals surface area (Å²) in [4.78, 5) is 10.8. The lowest BCUT2D eigenvalue weighted by atomic mass is 10.2. The van der Waals surface area contributed by atoms with Crippen molar-refractivity contribution in [2.24, 2.45) is 0 Å². The van der Waals surface area contributed by atoms with Crippen LogP contribution in [0.25, 0.3) is 0 Å². The van der Waals surface area contributed by atoms with Gasteiger partial charge in [0.15, 0.2) is 0 Å². The van der Waals surface area contributed by atoms with E-state index in [2.05, 4.69) is 23.0 Å². The summed E-state index contributed by atoms with van der Waals surface area (Å²) in [7, 11) is 1.41. The zero-order valence-corrected chi connectivity index (χ0v) is 9.25. The summed E-state index contributed by atoms with van der Waals surface area (Å²) < 4.78 is 4.56. The first-order valence-electron chi connectivity index (χ1n) is 5.10. The van der Waals surface area contributed by atoms with Crippen molar-refractivity contribution in [1.82, 2.24) is 0 Å². The van der Waals surface area contributed by atoms with Crippen LogP contribution >= 0.6 is 0 Å². The summed E-state index contributed by atoms with van der Waals surface area (Å²) in [5.74, 6) is -0.151. The van der Waals surface area contributed by atoms with Gasteiger partial charge in [-0.1, -0.05) is 18.2 Å². The number of carbonyl (C=O) groups is 1. The van der Waals surface area contributed by atoms with Crippen molar-refractivity contribution in [3.63, 3.8) is 0 Å². The molecule has 0 bridgehead atoms. The molecule has 0 saturated heterocycles. The average molecular weight is 207 g/mol. The van der Waals surface area contributed by atoms with Crippen LogP contribution in [0.1, 0.15) is 18.4 Å². The molecule has 1 rings (SSSR count). The zero-order valence-electron chi connectivity index (χ0n) is 9.25. The number of rotatable bonds is 5. The lowest BCUT2D eigenvalue weighted by molar-refractivity contribution is -0.140. The minimum absolute atomic E-state index is 0.151. The third-order valence-corrected chi connectivity index (χ3v) is 2.25. The van der Waals surface area contributed by atoms with Crippen LogP contribution in [0.5, 0.6) is 0 Å². The van der Waals surface area contributed by atoms with E-state index in [0.29, 0.717) is 6.42 Å². The van der Waals surface area contributed by atoms with Gasteiger partial charge in [-0.3, -0.25) is 4.79 Å². The molecule has 0 fully saturated rings. The molecule has 0 unspecified atom stereocenters. The molecule has 3 nitrogen and oxygen atoms in total. The van der Waals surface area contributed by atoms with E-state index in [1.165, 1.54) is 12.7 Å². The molecule has 0 spiro atoms. The van der Waals surface area contributed by atoms with Crippen molar-refractivity contribution < 1.29 is 9.53 Å². The lowest BCUT2D eigenvalue weighted by Gasteiger charge is -2.08. The molecule has 0 aliphatic carbocycles. The van der Waals surface area contributed by atoms with Gasteiger partial charge in [0.1, 0.15) is 0 Å². The van der Waals surface area contributed by atoms with Crippen LogP contribution in [0, 0.1) is 6.92 Å². The molecule has 0 aliphatic heterocycles. The van der Waals surface area contributed by atoms with Gasteiger partial charge >= 0.3 is 5.97 Å². The first-order chi connectivity index (χ1) is 7.24. The molecule has 0 radical (unpaired) electrons. The molecular weight excluding hydrogens is 190 g/mol. The Morgan fingerprint density at radius 1 is 1.40 bits per heavy atom. The Bertz CT molecular complexity index is 323. The predicted molar refractivity (Wildman–Crippen MR) is 60.9 cm³/mol. The van der Waals surface area contributed by atoms with Crippen LogP contribution < -0.4 is 5.32 Å². The molecule has 1 aromatic rings. The number of carbonyl (C=O) groups excluding carboxylic acids is 1. The summed E-state index contributed by atoms with van der Waals surface area (Å²) in [5.41, 5.74) is 2.35. The Morgan fingerprint density at radius 2 is 2.13 bits per heavy atom. The number of benzene rings is 1. The summed E-state index contributed by atoms with van der Waals surface area (Å²) in [6, 6.07) is 8.10. The fourth-order valence-corrected chi connectivity index (χ4v) is 1.33. The third-order valence-electron chi connectivity index (χ3n) is 2.25. The van der Waals surface area contributed by atoms with Crippen molar-refractivity contribution >= 4 is 11.7 Å². The van der Waals surface area contributed by atoms with E-state index in [0.717, 1.165) is 18.7 Å². The Kier molecular flexibility index (Phi) is 4.68. The van der Waals surface area contributed by atoms with Gasteiger partial charge in [0, 0.05) is 18.7 Å². The number of para-hydroxylation sites is 1. The monoisotopic (exact) mass is 207 g/mol. The lowest BCUT2D eigenvalue weighted by Crippen LogP contribution is -2.07. The molecule has 1 aromatic carbocycles. The summed E-state index contributed by atoms with van der Waals surface area (Å²) in [5, 5.41) is 3.28. The molecule has 15 heavy (non-hydrogen) atoms. The maximum atomic E-state index is 10.8. The SMILES string of the molecule is COC(=O)CCCNc1ccccc1C. The van der Waals surface area contributed by atoms with Gasteiger partial charge in [0.25, 0.3) is 0 Å². The number of nitrogens with one attached hydrogen (secondary N) is 1. The second-order valence-electron chi connectivity index (χ2n) is 3.42. The molecule has 3 heteroatoms. The van der Waals surface area contributed by atoms with Crippen LogP contribution in [0.15, 0.2) is 24.3 Å². The normalized spacial score (nSPS) is 9.73. The van der Waals surface area contributed by atoms with Gasteiger partial charge in [-0.25, -0.2) is 0 Å². The predicted octanol–water partition coefficient (Wildman–Crippen LogP) is 2.36. The second kappa shape index (κ2) is 6.06. The topological polar surface area (TPSA) is 38.3 Å². The molecule has 82 valence electrons. The minimum Gasteiger partial charge on any atom is -0.469 e. The molecular formula is C12H17NO2. The van der Waals surface area contributed by atoms with Gasteiger partial charge in [-0.05, 0) is 25.0 Å². The van der Waals surface area contributed by atoms with Crippen LogP contribution in [0.4, 0.5) is 5.69 Å². The van der Waals surface area contributed by atoms with Gasteiger partial charge in [-0.2, -0.15) is 0 Å². The van der Waals surface area contributed by atoms with E-state index < -0.39 is 0 Å². The van der Waals surface area contributed by atoms with Crippen molar-refractivity contribution in [1.29, 1.82) is 0 Å². The van der Waals surface area contributed by atoms with E-state index in [1.807, 2.05) is 18.2 Å². The minimum atomic E-state index is -0.151. The fraction of sp³-hybridized carbons (Fsp3) is 0.417. The van der Waals surface area contributed by atoms with Gasteiger partial charge < -0.3 is 10.1 Å². The number of aryl methyl sites for hydroxylation is 1. The largest absolute Gasteiger partial charge is 0.469 e. The first-order valence-corrected chi connectivity index (χ1v) is 5.10. The third kappa shape index (κ3) is 4.02. The average Bonchev–Trinajstić information content (AvgIpc) is 2.26. The Hall–Kier alpha value is -1.51. The van der Waals surface area contributed by atoms with Crippen LogP contribution in [0.2, 0.25) is 0 Å². The van der Waals surface area contributed by atoms with Gasteiger partial charge in [0.05, 0.1) is 7.11 Å². The van der Waals surface area contributed by atoms with E-state index in [9.17, 15) is 4.79 Å². The van der Waals surface area contributed by atoms with Crippen LogP contribution in [-0.2, 0) is 9.53 Å². The highest BCUT2D eigenvalue weighted by Crippen LogP contribution is 2.12. The van der Waals surface area contributed by atoms with E-state index in [-0.39, 0.29) is 5.97 Å². The Balaban J connectivity index is 2.26. The second-order valence-corrected chi connectivity index (χ2v) is 3.42. The van der Waals surface area contributed by atoms with E-state index in [1.54, 1.807) is 0 Å². The number of esters is 1. The van der Waals surface area contributed by atoms with Crippen molar-refractivity contribution in [3.05, 3.63) is 29.8 Å². The molecule has 0 amide bonds. The summed E-state index contributed by atoms with van der Waals surface area (Å²) >= 11 is 0. The highest BCUT2D eigenvalue weighted by atomic mass is 16.5. The number of hydrogen-bond acceptors (Lipinski definition) is 3. The van der Waals surface area contributed by atoms with Gasteiger partial charge in [0.2, 0.25) is 0 Å². The standard InChI is InChI=1S/C12H17NO2/c1-10-6-3-4-7-11(10)13-9-5-8-12(14)15-2/h3-4,6-7,13H,5,8-9H2,1-2H3. The Labute approximate surface area is 90.4 Å². The van der Waals surface area contributed by atoms with Crippen LogP contribution in [0.3, 0.4) is 0 Å². The van der Waals surface area contributed by atoms with Crippen molar-refractivity contribution in [2.75, 3.05) is 19.0 Å². The van der Waals surface area contributed by atoms with Crippen LogP contribution in [-0.4, -0.2) is 19.6 Å². The molecule has 0 heterocycles. The summed E-state index contributed by atoms with van der Waals surface area (Å²) in [6.45, 7) is 2.85. The molecule has 0 atom stereocenters. The van der Waals surface area contributed by atoms with Crippen molar-refractivity contribution in [3.8, 4) is 0 Å². The molecule has 0 aromatic heterocycles. The maximum absolute atomic E-state index is 10.8. The highest BCUT2D eigenvalue weighted by molar-refractivity contribution is 5.69. The maximum Gasteiger partial charge on any atom is 0.305 e. The summed E-state index contributed by atoms with van der Waals surface area (Å²) in [6.07, 6.45) is 1.26. The highest BCUT2D eigenvalue weighted by Gasteiger charge is 1.99. The Morgan fingerprint density at radius 3 is 2.80 bits per heavy atom. The van der Waals surface area contributed by atoms with E-state index >= 15 is 0 Å². The number of anilines is 1. The quantitative estimate of drug-likeness (QED) is 0.595. The van der Waals surface area contributed by atoms with E-state index in [4.69, 9.17) is 0 Å². The fourth-order valence-electron chi connectivity index (χ4n) is 1.33.